The molecule has 3 heteroatoms. The molecule has 1 N–H and O–H groups in total. The quantitative estimate of drug-likeness (QED) is 0.733. The van der Waals surface area contributed by atoms with Gasteiger partial charge in [-0.3, -0.25) is 9.59 Å². The summed E-state index contributed by atoms with van der Waals surface area (Å²) in [6.07, 6.45) is 0.858. The maximum absolute atomic E-state index is 11.5. The van der Waals surface area contributed by atoms with Crippen LogP contribution in [0.25, 0.3) is 0 Å². The highest BCUT2D eigenvalue weighted by Crippen LogP contribution is 2.10. The predicted molar refractivity (Wildman–Crippen MR) is 56.9 cm³/mol. The molecule has 0 heterocycles. The number of carbonyl (C=O) groups excluding carboxylic acids is 2. The zero-order valence-electron chi connectivity index (χ0n) is 9.76. The maximum atomic E-state index is 11.5. The molecule has 0 bridgehead atoms. The summed E-state index contributed by atoms with van der Waals surface area (Å²) in [5, 5.41) is 2.70. The van der Waals surface area contributed by atoms with Crippen molar-refractivity contribution in [2.24, 2.45) is 11.8 Å². The van der Waals surface area contributed by atoms with E-state index in [9.17, 15) is 9.59 Å². The van der Waals surface area contributed by atoms with E-state index in [-0.39, 0.29) is 23.7 Å². The SMILES string of the molecule is CC(=O)[C@H](C)NC(=O)[C@@H](C)CC(C)C. The second-order valence-electron chi connectivity index (χ2n) is 4.37. The van der Waals surface area contributed by atoms with E-state index in [0.29, 0.717) is 5.92 Å². The Bertz CT molecular complexity index is 211. The highest BCUT2D eigenvalue weighted by atomic mass is 16.2. The summed E-state index contributed by atoms with van der Waals surface area (Å²) in [6, 6.07) is -0.364. The lowest BCUT2D eigenvalue weighted by atomic mass is 9.98. The van der Waals surface area contributed by atoms with Crippen molar-refractivity contribution in [2.45, 2.75) is 47.1 Å². The molecule has 0 aromatic heterocycles. The van der Waals surface area contributed by atoms with Gasteiger partial charge >= 0.3 is 0 Å². The Morgan fingerprint density at radius 2 is 1.64 bits per heavy atom. The van der Waals surface area contributed by atoms with E-state index in [1.165, 1.54) is 6.92 Å². The lowest BCUT2D eigenvalue weighted by Crippen LogP contribution is -2.40. The molecule has 0 aromatic carbocycles. The minimum absolute atomic E-state index is 0.00454. The molecule has 0 saturated carbocycles. The molecule has 0 fully saturated rings. The van der Waals surface area contributed by atoms with Crippen LogP contribution in [0.15, 0.2) is 0 Å². The van der Waals surface area contributed by atoms with Crippen molar-refractivity contribution in [3.8, 4) is 0 Å². The number of nitrogens with one attached hydrogen (secondary N) is 1. The molecule has 2 atom stereocenters. The zero-order chi connectivity index (χ0) is 11.3. The van der Waals surface area contributed by atoms with Crippen LogP contribution in [0.1, 0.15) is 41.0 Å². The van der Waals surface area contributed by atoms with Crippen LogP contribution in [0.2, 0.25) is 0 Å². The van der Waals surface area contributed by atoms with Gasteiger partial charge in [0.2, 0.25) is 5.91 Å². The van der Waals surface area contributed by atoms with Gasteiger partial charge in [-0.25, -0.2) is 0 Å². The fourth-order valence-corrected chi connectivity index (χ4v) is 1.27. The summed E-state index contributed by atoms with van der Waals surface area (Å²) in [5.41, 5.74) is 0. The Hall–Kier alpha value is -0.860. The minimum atomic E-state index is -0.364. The summed E-state index contributed by atoms with van der Waals surface area (Å²) in [5.74, 6) is 0.455. The first-order valence-corrected chi connectivity index (χ1v) is 5.15. The van der Waals surface area contributed by atoms with Crippen molar-refractivity contribution >= 4 is 11.7 Å². The van der Waals surface area contributed by atoms with Gasteiger partial charge < -0.3 is 5.32 Å². The Morgan fingerprint density at radius 3 is 2.00 bits per heavy atom. The lowest BCUT2D eigenvalue weighted by molar-refractivity contribution is -0.129. The lowest BCUT2D eigenvalue weighted by Gasteiger charge is -2.16. The third-order valence-electron chi connectivity index (χ3n) is 2.24. The monoisotopic (exact) mass is 199 g/mol. The van der Waals surface area contributed by atoms with Crippen LogP contribution in [0.4, 0.5) is 0 Å². The standard InChI is InChI=1S/C11H21NO2/c1-7(2)6-8(3)11(14)12-9(4)10(5)13/h7-9H,6H2,1-5H3,(H,12,14)/t8-,9-/m0/s1. The highest BCUT2D eigenvalue weighted by molar-refractivity contribution is 5.87. The molecule has 0 unspecified atom stereocenters. The summed E-state index contributed by atoms with van der Waals surface area (Å²) >= 11 is 0. The summed E-state index contributed by atoms with van der Waals surface area (Å²) in [6.45, 7) is 9.25. The predicted octanol–water partition coefficient (Wildman–Crippen LogP) is 1.76. The molecular weight excluding hydrogens is 178 g/mol. The number of ketones is 1. The van der Waals surface area contributed by atoms with Gasteiger partial charge in [0.25, 0.3) is 0 Å². The molecule has 14 heavy (non-hydrogen) atoms. The first-order valence-electron chi connectivity index (χ1n) is 5.15. The molecule has 0 aliphatic carbocycles. The molecule has 0 rings (SSSR count). The van der Waals surface area contributed by atoms with Crippen molar-refractivity contribution in [3.63, 3.8) is 0 Å². The van der Waals surface area contributed by atoms with Crippen LogP contribution >= 0.6 is 0 Å². The molecule has 0 aromatic rings. The normalized spacial score (nSPS) is 15.0. The van der Waals surface area contributed by atoms with Gasteiger partial charge in [0.05, 0.1) is 6.04 Å². The molecule has 0 radical (unpaired) electrons. The van der Waals surface area contributed by atoms with Gasteiger partial charge in [-0.1, -0.05) is 20.8 Å². The van der Waals surface area contributed by atoms with Crippen LogP contribution in [0.5, 0.6) is 0 Å². The van der Waals surface area contributed by atoms with Gasteiger partial charge in [-0.15, -0.1) is 0 Å². The molecular formula is C11H21NO2. The minimum Gasteiger partial charge on any atom is -0.346 e. The molecule has 1 amide bonds. The average molecular weight is 199 g/mol. The first-order chi connectivity index (χ1) is 6.34. The molecule has 0 saturated heterocycles. The zero-order valence-corrected chi connectivity index (χ0v) is 9.76. The van der Waals surface area contributed by atoms with Crippen molar-refractivity contribution in [2.75, 3.05) is 0 Å². The fourth-order valence-electron chi connectivity index (χ4n) is 1.27. The van der Waals surface area contributed by atoms with E-state index < -0.39 is 0 Å². The molecule has 0 aliphatic heterocycles. The number of Topliss-reactive ketones (excluding diaryl/α,β-unsaturated/α-hetero) is 1. The number of rotatable bonds is 5. The van der Waals surface area contributed by atoms with Crippen molar-refractivity contribution in [1.29, 1.82) is 0 Å². The Morgan fingerprint density at radius 1 is 1.14 bits per heavy atom. The number of hydrogen-bond acceptors (Lipinski definition) is 2. The van der Waals surface area contributed by atoms with E-state index in [4.69, 9.17) is 0 Å². The molecule has 82 valence electrons. The van der Waals surface area contributed by atoms with Crippen molar-refractivity contribution in [1.82, 2.24) is 5.32 Å². The number of hydrogen-bond donors (Lipinski definition) is 1. The second-order valence-corrected chi connectivity index (χ2v) is 4.37. The van der Waals surface area contributed by atoms with Gasteiger partial charge in [-0.05, 0) is 26.2 Å². The van der Waals surface area contributed by atoms with Crippen molar-refractivity contribution < 1.29 is 9.59 Å². The van der Waals surface area contributed by atoms with Crippen LogP contribution in [-0.2, 0) is 9.59 Å². The van der Waals surface area contributed by atoms with E-state index in [1.54, 1.807) is 6.92 Å². The Balaban J connectivity index is 4.01. The highest BCUT2D eigenvalue weighted by Gasteiger charge is 2.17. The molecule has 0 spiro atoms. The topological polar surface area (TPSA) is 46.2 Å². The van der Waals surface area contributed by atoms with Crippen molar-refractivity contribution in [3.05, 3.63) is 0 Å². The maximum Gasteiger partial charge on any atom is 0.223 e. The van der Waals surface area contributed by atoms with E-state index in [1.807, 2.05) is 6.92 Å². The third kappa shape index (κ3) is 5.00. The number of carbonyl (C=O) groups is 2. The van der Waals surface area contributed by atoms with E-state index >= 15 is 0 Å². The van der Waals surface area contributed by atoms with Crippen LogP contribution in [-0.4, -0.2) is 17.7 Å². The second kappa shape index (κ2) is 5.78. The first kappa shape index (κ1) is 13.1. The Labute approximate surface area is 86.3 Å². The van der Waals surface area contributed by atoms with Crippen LogP contribution in [0.3, 0.4) is 0 Å². The smallest absolute Gasteiger partial charge is 0.223 e. The summed E-state index contributed by atoms with van der Waals surface area (Å²) < 4.78 is 0. The van der Waals surface area contributed by atoms with E-state index in [2.05, 4.69) is 19.2 Å². The van der Waals surface area contributed by atoms with E-state index in [0.717, 1.165) is 6.42 Å². The summed E-state index contributed by atoms with van der Waals surface area (Å²) in [7, 11) is 0. The summed E-state index contributed by atoms with van der Waals surface area (Å²) in [4.78, 5) is 22.4. The fraction of sp³-hybridized carbons (Fsp3) is 0.818. The number of amides is 1. The van der Waals surface area contributed by atoms with Crippen LogP contribution < -0.4 is 5.32 Å². The van der Waals surface area contributed by atoms with Gasteiger partial charge in [-0.2, -0.15) is 0 Å². The molecule has 0 aliphatic rings. The Kier molecular flexibility index (Phi) is 5.43. The third-order valence-corrected chi connectivity index (χ3v) is 2.24. The van der Waals surface area contributed by atoms with Gasteiger partial charge in [0, 0.05) is 5.92 Å². The van der Waals surface area contributed by atoms with Gasteiger partial charge in [0.1, 0.15) is 0 Å². The molecule has 3 nitrogen and oxygen atoms in total. The van der Waals surface area contributed by atoms with Crippen LogP contribution in [0, 0.1) is 11.8 Å². The van der Waals surface area contributed by atoms with Gasteiger partial charge in [0.15, 0.2) is 5.78 Å². The largest absolute Gasteiger partial charge is 0.346 e. The average Bonchev–Trinajstić information content (AvgIpc) is 2.02.